The van der Waals surface area contributed by atoms with E-state index in [4.69, 9.17) is 0 Å². The third-order valence-electron chi connectivity index (χ3n) is 5.25. The monoisotopic (exact) mass is 279 g/mol. The van der Waals surface area contributed by atoms with Gasteiger partial charge in [-0.15, -0.1) is 0 Å². The van der Waals surface area contributed by atoms with Crippen LogP contribution in [0, 0.1) is 11.8 Å². The van der Waals surface area contributed by atoms with Gasteiger partial charge in [-0.25, -0.2) is 0 Å². The van der Waals surface area contributed by atoms with Crippen LogP contribution in [0.1, 0.15) is 38.5 Å². The second-order valence-electron chi connectivity index (χ2n) is 6.82. The fourth-order valence-electron chi connectivity index (χ4n) is 4.05. The van der Waals surface area contributed by atoms with Gasteiger partial charge in [-0.3, -0.25) is 4.79 Å². The molecular weight excluding hydrogens is 250 g/mol. The molecule has 0 spiro atoms. The molecule has 0 aliphatic carbocycles. The molecule has 3 aliphatic rings. The normalized spacial score (nSPS) is 29.8. The molecule has 3 aliphatic heterocycles. The molecule has 0 radical (unpaired) electrons. The Hall–Kier alpha value is -0.610. The fraction of sp³-hybridized carbons (Fsp3) is 0.938. The molecule has 1 N–H and O–H groups in total. The lowest BCUT2D eigenvalue weighted by molar-refractivity contribution is -0.136. The lowest BCUT2D eigenvalue weighted by atomic mass is 9.93. The second-order valence-corrected chi connectivity index (χ2v) is 6.82. The molecule has 1 unspecified atom stereocenters. The Labute approximate surface area is 122 Å². The fourth-order valence-corrected chi connectivity index (χ4v) is 4.05. The zero-order chi connectivity index (χ0) is 13.8. The molecule has 20 heavy (non-hydrogen) atoms. The highest BCUT2D eigenvalue weighted by Gasteiger charge is 2.31. The molecule has 3 saturated heterocycles. The summed E-state index contributed by atoms with van der Waals surface area (Å²) < 4.78 is 0. The van der Waals surface area contributed by atoms with Gasteiger partial charge in [0.25, 0.3) is 0 Å². The van der Waals surface area contributed by atoms with E-state index in [1.165, 1.54) is 58.3 Å². The Morgan fingerprint density at radius 2 is 1.75 bits per heavy atom. The predicted octanol–water partition coefficient (Wildman–Crippen LogP) is 1.32. The highest BCUT2D eigenvalue weighted by Crippen LogP contribution is 2.23. The van der Waals surface area contributed by atoms with Crippen molar-refractivity contribution in [2.24, 2.45) is 11.8 Å². The number of carbonyl (C=O) groups excluding carboxylic acids is 1. The number of hydrogen-bond donors (Lipinski definition) is 1. The molecule has 3 rings (SSSR count). The first-order valence-corrected chi connectivity index (χ1v) is 8.55. The van der Waals surface area contributed by atoms with Crippen LogP contribution >= 0.6 is 0 Å². The molecule has 4 nitrogen and oxygen atoms in total. The van der Waals surface area contributed by atoms with Crippen molar-refractivity contribution in [3.63, 3.8) is 0 Å². The van der Waals surface area contributed by atoms with Crippen molar-refractivity contribution in [1.82, 2.24) is 15.1 Å². The summed E-state index contributed by atoms with van der Waals surface area (Å²) in [5, 5.41) is 3.44. The van der Waals surface area contributed by atoms with Gasteiger partial charge in [-0.2, -0.15) is 0 Å². The van der Waals surface area contributed by atoms with Gasteiger partial charge in [0, 0.05) is 26.2 Å². The van der Waals surface area contributed by atoms with E-state index in [-0.39, 0.29) is 5.92 Å². The lowest BCUT2D eigenvalue weighted by Crippen LogP contribution is -2.46. The number of amides is 1. The number of nitrogens with zero attached hydrogens (tertiary/aromatic N) is 2. The Kier molecular flexibility index (Phi) is 4.94. The minimum absolute atomic E-state index is 0.281. The molecule has 0 aromatic carbocycles. The van der Waals surface area contributed by atoms with Gasteiger partial charge in [0.2, 0.25) is 5.91 Å². The Bertz CT molecular complexity index is 322. The third-order valence-corrected chi connectivity index (χ3v) is 5.25. The van der Waals surface area contributed by atoms with Gasteiger partial charge in [0.15, 0.2) is 0 Å². The molecule has 0 aromatic rings. The summed E-state index contributed by atoms with van der Waals surface area (Å²) in [5.41, 5.74) is 0. The number of piperidine rings is 2. The molecular formula is C16H29N3O. The first-order chi connectivity index (χ1) is 9.83. The largest absolute Gasteiger partial charge is 0.342 e. The molecule has 0 aromatic heterocycles. The molecule has 1 amide bonds. The maximum absolute atomic E-state index is 12.5. The van der Waals surface area contributed by atoms with Crippen molar-refractivity contribution >= 4 is 5.91 Å². The summed E-state index contributed by atoms with van der Waals surface area (Å²) in [4.78, 5) is 17.2. The molecule has 4 heteroatoms. The van der Waals surface area contributed by atoms with Crippen LogP contribution in [0.2, 0.25) is 0 Å². The maximum atomic E-state index is 12.5. The van der Waals surface area contributed by atoms with Crippen LogP contribution in [-0.2, 0) is 4.79 Å². The van der Waals surface area contributed by atoms with E-state index in [0.29, 0.717) is 5.91 Å². The van der Waals surface area contributed by atoms with Crippen molar-refractivity contribution in [2.75, 3.05) is 45.8 Å². The smallest absolute Gasteiger partial charge is 0.226 e. The Morgan fingerprint density at radius 1 is 1.00 bits per heavy atom. The van der Waals surface area contributed by atoms with Gasteiger partial charge in [0.1, 0.15) is 0 Å². The van der Waals surface area contributed by atoms with Crippen LogP contribution < -0.4 is 5.32 Å². The van der Waals surface area contributed by atoms with Crippen LogP contribution in [0.15, 0.2) is 0 Å². The van der Waals surface area contributed by atoms with Gasteiger partial charge < -0.3 is 15.1 Å². The summed E-state index contributed by atoms with van der Waals surface area (Å²) in [7, 11) is 0. The van der Waals surface area contributed by atoms with E-state index in [2.05, 4.69) is 15.1 Å². The van der Waals surface area contributed by atoms with E-state index in [1.807, 2.05) is 0 Å². The summed E-state index contributed by atoms with van der Waals surface area (Å²) in [6, 6.07) is 0. The third kappa shape index (κ3) is 3.53. The second kappa shape index (κ2) is 6.90. The van der Waals surface area contributed by atoms with Crippen molar-refractivity contribution in [1.29, 1.82) is 0 Å². The molecule has 0 bridgehead atoms. The van der Waals surface area contributed by atoms with E-state index >= 15 is 0 Å². The quantitative estimate of drug-likeness (QED) is 0.846. The SMILES string of the molecule is O=C(C1CCCN(CC2CCNCC2)C1)N1CCCC1. The molecule has 0 saturated carbocycles. The van der Waals surface area contributed by atoms with Crippen LogP contribution in [0.4, 0.5) is 0 Å². The number of hydrogen-bond acceptors (Lipinski definition) is 3. The minimum Gasteiger partial charge on any atom is -0.342 e. The van der Waals surface area contributed by atoms with Gasteiger partial charge in [-0.1, -0.05) is 0 Å². The summed E-state index contributed by atoms with van der Waals surface area (Å²) in [5.74, 6) is 1.57. The van der Waals surface area contributed by atoms with Gasteiger partial charge in [-0.05, 0) is 64.1 Å². The molecule has 3 heterocycles. The van der Waals surface area contributed by atoms with Crippen LogP contribution in [0.25, 0.3) is 0 Å². The lowest BCUT2D eigenvalue weighted by Gasteiger charge is -2.36. The van der Waals surface area contributed by atoms with Crippen LogP contribution in [0.3, 0.4) is 0 Å². The Balaban J connectivity index is 1.49. The van der Waals surface area contributed by atoms with Crippen LogP contribution in [0.5, 0.6) is 0 Å². The van der Waals surface area contributed by atoms with Crippen molar-refractivity contribution in [2.45, 2.75) is 38.5 Å². The molecule has 114 valence electrons. The first-order valence-electron chi connectivity index (χ1n) is 8.55. The topological polar surface area (TPSA) is 35.6 Å². The van der Waals surface area contributed by atoms with E-state index < -0.39 is 0 Å². The summed E-state index contributed by atoms with van der Waals surface area (Å²) in [6.07, 6.45) is 7.34. The van der Waals surface area contributed by atoms with E-state index in [9.17, 15) is 4.79 Å². The molecule has 1 atom stereocenters. The number of carbonyl (C=O) groups is 1. The summed E-state index contributed by atoms with van der Waals surface area (Å²) in [6.45, 7) is 7.79. The highest BCUT2D eigenvalue weighted by atomic mass is 16.2. The zero-order valence-electron chi connectivity index (χ0n) is 12.6. The molecule has 3 fully saturated rings. The number of rotatable bonds is 3. The Morgan fingerprint density at radius 3 is 2.50 bits per heavy atom. The van der Waals surface area contributed by atoms with E-state index in [0.717, 1.165) is 32.0 Å². The standard InChI is InChI=1S/C16H29N3O/c20-16(19-10-1-2-11-19)15-4-3-9-18(13-15)12-14-5-7-17-8-6-14/h14-15,17H,1-13H2. The first kappa shape index (κ1) is 14.3. The van der Waals surface area contributed by atoms with Crippen molar-refractivity contribution in [3.05, 3.63) is 0 Å². The highest BCUT2D eigenvalue weighted by molar-refractivity contribution is 5.79. The van der Waals surface area contributed by atoms with Crippen LogP contribution in [-0.4, -0.2) is 61.5 Å². The van der Waals surface area contributed by atoms with Crippen molar-refractivity contribution < 1.29 is 4.79 Å². The van der Waals surface area contributed by atoms with Gasteiger partial charge in [0.05, 0.1) is 5.92 Å². The van der Waals surface area contributed by atoms with Crippen molar-refractivity contribution in [3.8, 4) is 0 Å². The zero-order valence-corrected chi connectivity index (χ0v) is 12.6. The predicted molar refractivity (Wildman–Crippen MR) is 80.6 cm³/mol. The summed E-state index contributed by atoms with van der Waals surface area (Å²) >= 11 is 0. The van der Waals surface area contributed by atoms with Gasteiger partial charge >= 0.3 is 0 Å². The average Bonchev–Trinajstić information content (AvgIpc) is 3.02. The number of likely N-dealkylation sites (tertiary alicyclic amines) is 2. The number of nitrogens with one attached hydrogen (secondary N) is 1. The van der Waals surface area contributed by atoms with E-state index in [1.54, 1.807) is 0 Å². The minimum atomic E-state index is 0.281. The maximum Gasteiger partial charge on any atom is 0.226 e. The average molecular weight is 279 g/mol.